The van der Waals surface area contributed by atoms with Gasteiger partial charge in [0.2, 0.25) is 0 Å². The van der Waals surface area contributed by atoms with Crippen molar-refractivity contribution in [2.24, 2.45) is 7.05 Å². The fraction of sp³-hybridized carbons (Fsp3) is 0.312. The van der Waals surface area contributed by atoms with Gasteiger partial charge in [-0.1, -0.05) is 18.2 Å². The molecule has 0 spiro atoms. The summed E-state index contributed by atoms with van der Waals surface area (Å²) in [6.07, 6.45) is 2.08. The van der Waals surface area contributed by atoms with Crippen molar-refractivity contribution in [2.45, 2.75) is 19.0 Å². The second-order valence-electron chi connectivity index (χ2n) is 5.29. The average Bonchev–Trinajstić information content (AvgIpc) is 2.93. The molecule has 0 radical (unpaired) electrons. The third-order valence-corrected chi connectivity index (χ3v) is 3.98. The first-order valence-corrected chi connectivity index (χ1v) is 7.04. The number of aryl methyl sites for hydroxylation is 1. The lowest BCUT2D eigenvalue weighted by Crippen LogP contribution is -2.49. The minimum atomic E-state index is -0.639. The Balaban J connectivity index is 1.97. The minimum Gasteiger partial charge on any atom is -0.467 e. The number of methoxy groups -OCH3 is 1. The van der Waals surface area contributed by atoms with Crippen LogP contribution in [0.4, 0.5) is 0 Å². The molecule has 0 fully saturated rings. The number of imidazole rings is 1. The van der Waals surface area contributed by atoms with E-state index in [-0.39, 0.29) is 5.91 Å². The van der Waals surface area contributed by atoms with Crippen LogP contribution in [0.3, 0.4) is 0 Å². The Labute approximate surface area is 128 Å². The largest absolute Gasteiger partial charge is 0.467 e. The van der Waals surface area contributed by atoms with Crippen molar-refractivity contribution in [2.75, 3.05) is 7.11 Å². The predicted molar refractivity (Wildman–Crippen MR) is 79.0 cm³/mol. The number of esters is 1. The predicted octanol–water partition coefficient (Wildman–Crippen LogP) is 1.16. The number of ether oxygens (including phenoxy) is 1. The molecule has 0 aliphatic carbocycles. The molecule has 2 aromatic rings. The van der Waals surface area contributed by atoms with Crippen LogP contribution < -0.4 is 0 Å². The Morgan fingerprint density at radius 3 is 2.68 bits per heavy atom. The van der Waals surface area contributed by atoms with Crippen molar-refractivity contribution in [1.29, 1.82) is 0 Å². The highest BCUT2D eigenvalue weighted by atomic mass is 16.5. The molecular formula is C16H17N3O3. The number of fused-ring (bicyclic) bond motifs is 1. The van der Waals surface area contributed by atoms with Crippen LogP contribution in [0.25, 0.3) is 0 Å². The molecule has 1 aromatic carbocycles. The van der Waals surface area contributed by atoms with Crippen LogP contribution in [-0.4, -0.2) is 39.5 Å². The summed E-state index contributed by atoms with van der Waals surface area (Å²) in [4.78, 5) is 30.7. The molecule has 1 amide bonds. The van der Waals surface area contributed by atoms with Crippen LogP contribution in [0.15, 0.2) is 36.7 Å². The Hall–Kier alpha value is -2.63. The number of hydrogen-bond acceptors (Lipinski definition) is 4. The maximum Gasteiger partial charge on any atom is 0.329 e. The summed E-state index contributed by atoms with van der Waals surface area (Å²) >= 11 is 0. The quantitative estimate of drug-likeness (QED) is 0.781. The normalized spacial score (nSPS) is 17.0. The van der Waals surface area contributed by atoms with E-state index in [2.05, 4.69) is 4.98 Å². The van der Waals surface area contributed by atoms with E-state index in [1.807, 2.05) is 17.7 Å². The van der Waals surface area contributed by atoms with E-state index in [0.29, 0.717) is 18.5 Å². The zero-order valence-corrected chi connectivity index (χ0v) is 12.5. The Morgan fingerprint density at radius 1 is 1.27 bits per heavy atom. The van der Waals surface area contributed by atoms with Gasteiger partial charge in [-0.2, -0.15) is 0 Å². The first-order chi connectivity index (χ1) is 10.6. The third-order valence-electron chi connectivity index (χ3n) is 3.98. The molecule has 3 rings (SSSR count). The molecule has 1 aliphatic rings. The van der Waals surface area contributed by atoms with Crippen LogP contribution in [0.1, 0.15) is 21.7 Å². The summed E-state index contributed by atoms with van der Waals surface area (Å²) in [6.45, 7) is 0.347. The lowest BCUT2D eigenvalue weighted by atomic mass is 10.0. The van der Waals surface area contributed by atoms with Gasteiger partial charge < -0.3 is 14.2 Å². The van der Waals surface area contributed by atoms with Gasteiger partial charge in [0, 0.05) is 19.0 Å². The molecule has 1 aromatic heterocycles. The number of amides is 1. The molecule has 0 saturated carbocycles. The zero-order valence-electron chi connectivity index (χ0n) is 12.5. The van der Waals surface area contributed by atoms with Gasteiger partial charge >= 0.3 is 5.97 Å². The van der Waals surface area contributed by atoms with E-state index in [1.54, 1.807) is 35.5 Å². The number of carbonyl (C=O) groups is 2. The third kappa shape index (κ3) is 2.36. The zero-order chi connectivity index (χ0) is 15.7. The van der Waals surface area contributed by atoms with Gasteiger partial charge in [0.1, 0.15) is 6.04 Å². The Kier molecular flexibility index (Phi) is 3.66. The topological polar surface area (TPSA) is 64.4 Å². The van der Waals surface area contributed by atoms with Crippen molar-refractivity contribution in [3.63, 3.8) is 0 Å². The number of hydrogen-bond donors (Lipinski definition) is 0. The summed E-state index contributed by atoms with van der Waals surface area (Å²) in [5, 5.41) is 0. The Morgan fingerprint density at radius 2 is 2.00 bits per heavy atom. The van der Waals surface area contributed by atoms with Gasteiger partial charge in [0.15, 0.2) is 0 Å². The van der Waals surface area contributed by atoms with Crippen molar-refractivity contribution < 1.29 is 14.3 Å². The standard InChI is InChI=1S/C16H17N3O3/c1-18-10-17-12-8-13(16(21)22-2)19(9-14(12)18)15(20)11-6-4-3-5-7-11/h3-7,10,13H,8-9H2,1-2H3/t13-/m0/s1. The van der Waals surface area contributed by atoms with E-state index < -0.39 is 12.0 Å². The van der Waals surface area contributed by atoms with E-state index in [0.717, 1.165) is 11.4 Å². The molecule has 0 bridgehead atoms. The van der Waals surface area contributed by atoms with Crippen molar-refractivity contribution in [3.8, 4) is 0 Å². The number of benzene rings is 1. The van der Waals surface area contributed by atoms with Crippen LogP contribution >= 0.6 is 0 Å². The van der Waals surface area contributed by atoms with E-state index in [4.69, 9.17) is 4.74 Å². The van der Waals surface area contributed by atoms with Crippen LogP contribution in [0.5, 0.6) is 0 Å². The molecular weight excluding hydrogens is 282 g/mol. The van der Waals surface area contributed by atoms with Crippen LogP contribution in [-0.2, 0) is 29.5 Å². The minimum absolute atomic E-state index is 0.178. The average molecular weight is 299 g/mol. The maximum absolute atomic E-state index is 12.8. The van der Waals surface area contributed by atoms with Gasteiger partial charge in [-0.25, -0.2) is 9.78 Å². The highest BCUT2D eigenvalue weighted by Crippen LogP contribution is 2.24. The summed E-state index contributed by atoms with van der Waals surface area (Å²) in [6, 6.07) is 8.31. The van der Waals surface area contributed by atoms with Crippen molar-refractivity contribution >= 4 is 11.9 Å². The lowest BCUT2D eigenvalue weighted by molar-refractivity contribution is -0.146. The SMILES string of the molecule is COC(=O)[C@@H]1Cc2ncn(C)c2CN1C(=O)c1ccccc1. The highest BCUT2D eigenvalue weighted by molar-refractivity contribution is 5.97. The smallest absolute Gasteiger partial charge is 0.329 e. The van der Waals surface area contributed by atoms with E-state index in [1.165, 1.54) is 7.11 Å². The van der Waals surface area contributed by atoms with Crippen molar-refractivity contribution in [3.05, 3.63) is 53.6 Å². The lowest BCUT2D eigenvalue weighted by Gasteiger charge is -2.33. The van der Waals surface area contributed by atoms with E-state index >= 15 is 0 Å². The first kappa shape index (κ1) is 14.3. The first-order valence-electron chi connectivity index (χ1n) is 7.04. The second kappa shape index (κ2) is 5.63. The summed E-state index contributed by atoms with van der Waals surface area (Å²) in [7, 11) is 3.22. The van der Waals surface area contributed by atoms with Crippen LogP contribution in [0.2, 0.25) is 0 Å². The second-order valence-corrected chi connectivity index (χ2v) is 5.29. The van der Waals surface area contributed by atoms with E-state index in [9.17, 15) is 9.59 Å². The molecule has 6 heteroatoms. The van der Waals surface area contributed by atoms with Crippen LogP contribution in [0, 0.1) is 0 Å². The summed E-state index contributed by atoms with van der Waals surface area (Å²) < 4.78 is 6.74. The van der Waals surface area contributed by atoms with Gasteiger partial charge in [-0.15, -0.1) is 0 Å². The molecule has 114 valence electrons. The molecule has 6 nitrogen and oxygen atoms in total. The number of nitrogens with zero attached hydrogens (tertiary/aromatic N) is 3. The highest BCUT2D eigenvalue weighted by Gasteiger charge is 2.37. The van der Waals surface area contributed by atoms with Gasteiger partial charge in [0.05, 0.1) is 31.4 Å². The Bertz CT molecular complexity index is 709. The number of carbonyl (C=O) groups excluding carboxylic acids is 2. The van der Waals surface area contributed by atoms with Gasteiger partial charge in [-0.3, -0.25) is 4.79 Å². The molecule has 1 atom stereocenters. The molecule has 0 N–H and O–H groups in total. The molecule has 22 heavy (non-hydrogen) atoms. The maximum atomic E-state index is 12.8. The molecule has 0 unspecified atom stereocenters. The monoisotopic (exact) mass is 299 g/mol. The molecule has 0 saturated heterocycles. The molecule has 2 heterocycles. The number of rotatable bonds is 2. The van der Waals surface area contributed by atoms with Gasteiger partial charge in [0.25, 0.3) is 5.91 Å². The van der Waals surface area contributed by atoms with Crippen molar-refractivity contribution in [1.82, 2.24) is 14.5 Å². The summed E-state index contributed by atoms with van der Waals surface area (Å²) in [5.74, 6) is -0.594. The molecule has 1 aliphatic heterocycles. The fourth-order valence-electron chi connectivity index (χ4n) is 2.75. The van der Waals surface area contributed by atoms with Gasteiger partial charge in [-0.05, 0) is 12.1 Å². The number of aromatic nitrogens is 2. The fourth-order valence-corrected chi connectivity index (χ4v) is 2.75. The summed E-state index contributed by atoms with van der Waals surface area (Å²) in [5.41, 5.74) is 2.35.